The number of furan rings is 1. The first-order valence-electron chi connectivity index (χ1n) is 15.7. The van der Waals surface area contributed by atoms with Gasteiger partial charge in [0.2, 0.25) is 0 Å². The highest BCUT2D eigenvalue weighted by Gasteiger charge is 2.19. The molecule has 0 amide bonds. The Labute approximate surface area is 271 Å². The van der Waals surface area contributed by atoms with Crippen molar-refractivity contribution in [3.63, 3.8) is 0 Å². The van der Waals surface area contributed by atoms with E-state index in [0.717, 1.165) is 60.9 Å². The lowest BCUT2D eigenvalue weighted by atomic mass is 9.98. The van der Waals surface area contributed by atoms with Gasteiger partial charge in [-0.1, -0.05) is 140 Å². The van der Waals surface area contributed by atoms with Gasteiger partial charge in [0.1, 0.15) is 11.2 Å². The molecular formula is C43H27N3O. The Balaban J connectivity index is 1.26. The Morgan fingerprint density at radius 2 is 0.936 bits per heavy atom. The molecule has 0 atom stereocenters. The molecular weight excluding hydrogens is 574 g/mol. The maximum absolute atomic E-state index is 6.43. The van der Waals surface area contributed by atoms with Crippen LogP contribution >= 0.6 is 0 Å². The van der Waals surface area contributed by atoms with Crippen molar-refractivity contribution in [1.29, 1.82) is 0 Å². The Morgan fingerprint density at radius 1 is 0.340 bits per heavy atom. The molecule has 9 aromatic rings. The third-order valence-corrected chi connectivity index (χ3v) is 8.74. The molecule has 0 aliphatic carbocycles. The van der Waals surface area contributed by atoms with Crippen LogP contribution in [-0.4, -0.2) is 15.0 Å². The average Bonchev–Trinajstić information content (AvgIpc) is 3.54. The van der Waals surface area contributed by atoms with Gasteiger partial charge in [-0.15, -0.1) is 0 Å². The normalized spacial score (nSPS) is 11.4. The van der Waals surface area contributed by atoms with E-state index in [1.165, 1.54) is 10.8 Å². The Hall–Kier alpha value is -6.39. The SMILES string of the molecule is c1ccc(-c2ccccc2-c2nc(-c3cccc(-c4ccc5ccccc5c4)c3)nc(-c3cccc4c3oc3ccccc34)n2)cc1. The van der Waals surface area contributed by atoms with Crippen LogP contribution in [0.2, 0.25) is 0 Å². The number of fused-ring (bicyclic) bond motifs is 4. The van der Waals surface area contributed by atoms with E-state index in [-0.39, 0.29) is 0 Å². The predicted octanol–water partition coefficient (Wildman–Crippen LogP) is 11.3. The van der Waals surface area contributed by atoms with E-state index in [1.54, 1.807) is 0 Å². The molecule has 7 aromatic carbocycles. The molecule has 0 saturated carbocycles. The summed E-state index contributed by atoms with van der Waals surface area (Å²) in [6.07, 6.45) is 0. The highest BCUT2D eigenvalue weighted by molar-refractivity contribution is 6.09. The molecule has 0 radical (unpaired) electrons. The lowest BCUT2D eigenvalue weighted by Gasteiger charge is -2.13. The zero-order valence-electron chi connectivity index (χ0n) is 25.3. The number of para-hydroxylation sites is 2. The fraction of sp³-hybridized carbons (Fsp3) is 0. The maximum Gasteiger partial charge on any atom is 0.167 e. The molecule has 0 bridgehead atoms. The summed E-state index contributed by atoms with van der Waals surface area (Å²) in [5.41, 5.74) is 8.67. The molecule has 0 N–H and O–H groups in total. The summed E-state index contributed by atoms with van der Waals surface area (Å²) >= 11 is 0. The first kappa shape index (κ1) is 27.0. The van der Waals surface area contributed by atoms with Gasteiger partial charge in [0.25, 0.3) is 0 Å². The summed E-state index contributed by atoms with van der Waals surface area (Å²) in [5, 5.41) is 4.52. The average molecular weight is 602 g/mol. The van der Waals surface area contributed by atoms with Gasteiger partial charge < -0.3 is 4.42 Å². The van der Waals surface area contributed by atoms with Gasteiger partial charge in [-0.25, -0.2) is 15.0 Å². The van der Waals surface area contributed by atoms with Crippen molar-refractivity contribution in [3.8, 4) is 56.4 Å². The fourth-order valence-corrected chi connectivity index (χ4v) is 6.42. The highest BCUT2D eigenvalue weighted by Crippen LogP contribution is 2.37. The van der Waals surface area contributed by atoms with E-state index in [2.05, 4.69) is 121 Å². The molecule has 0 fully saturated rings. The van der Waals surface area contributed by atoms with Crippen molar-refractivity contribution in [2.75, 3.05) is 0 Å². The van der Waals surface area contributed by atoms with Gasteiger partial charge in [-0.3, -0.25) is 0 Å². The van der Waals surface area contributed by atoms with Gasteiger partial charge in [0.05, 0.1) is 5.56 Å². The van der Waals surface area contributed by atoms with E-state index in [1.807, 2.05) is 42.5 Å². The minimum atomic E-state index is 0.564. The monoisotopic (exact) mass is 601 g/mol. The van der Waals surface area contributed by atoms with Crippen molar-refractivity contribution < 1.29 is 4.42 Å². The van der Waals surface area contributed by atoms with Crippen molar-refractivity contribution in [2.45, 2.75) is 0 Å². The largest absolute Gasteiger partial charge is 0.455 e. The Bertz CT molecular complexity index is 2590. The molecule has 0 aliphatic heterocycles. The smallest absolute Gasteiger partial charge is 0.167 e. The molecule has 2 heterocycles. The summed E-state index contributed by atoms with van der Waals surface area (Å²) in [7, 11) is 0. The van der Waals surface area contributed by atoms with Crippen LogP contribution in [0.4, 0.5) is 0 Å². The van der Waals surface area contributed by atoms with Crippen LogP contribution in [0.15, 0.2) is 168 Å². The summed E-state index contributed by atoms with van der Waals surface area (Å²) in [6.45, 7) is 0. The molecule has 4 heteroatoms. The summed E-state index contributed by atoms with van der Waals surface area (Å²) in [5.74, 6) is 1.77. The van der Waals surface area contributed by atoms with Gasteiger partial charge in [0.15, 0.2) is 17.5 Å². The first-order valence-corrected chi connectivity index (χ1v) is 15.7. The third kappa shape index (κ3) is 4.84. The van der Waals surface area contributed by atoms with Gasteiger partial charge in [-0.05, 0) is 57.3 Å². The molecule has 0 saturated heterocycles. The van der Waals surface area contributed by atoms with E-state index in [0.29, 0.717) is 17.5 Å². The van der Waals surface area contributed by atoms with Crippen LogP contribution in [-0.2, 0) is 0 Å². The summed E-state index contributed by atoms with van der Waals surface area (Å²) in [6, 6.07) is 56.4. The topological polar surface area (TPSA) is 51.8 Å². The minimum absolute atomic E-state index is 0.564. The molecule has 0 spiro atoms. The first-order chi connectivity index (χ1) is 23.3. The van der Waals surface area contributed by atoms with Crippen LogP contribution in [0, 0.1) is 0 Å². The number of hydrogen-bond donors (Lipinski definition) is 0. The zero-order chi connectivity index (χ0) is 31.2. The number of nitrogens with zero attached hydrogens (tertiary/aromatic N) is 3. The van der Waals surface area contributed by atoms with Gasteiger partial charge in [0, 0.05) is 21.9 Å². The summed E-state index contributed by atoms with van der Waals surface area (Å²) < 4.78 is 6.43. The van der Waals surface area contributed by atoms with Crippen molar-refractivity contribution in [3.05, 3.63) is 164 Å². The van der Waals surface area contributed by atoms with Crippen molar-refractivity contribution >= 4 is 32.7 Å². The molecule has 0 aliphatic rings. The highest BCUT2D eigenvalue weighted by atomic mass is 16.3. The second kappa shape index (κ2) is 11.2. The number of rotatable bonds is 5. The standard InChI is InChI=1S/C43H27N3O/c1-2-13-29(14-3-1)34-18-6-7-20-37(34)42-44-41(33-17-10-16-31(27-33)32-25-24-28-12-4-5-15-30(28)26-32)45-43(46-42)38-22-11-21-36-35-19-8-9-23-39(35)47-40(36)38/h1-27H. The van der Waals surface area contributed by atoms with Crippen LogP contribution in [0.1, 0.15) is 0 Å². The van der Waals surface area contributed by atoms with E-state index < -0.39 is 0 Å². The van der Waals surface area contributed by atoms with Crippen molar-refractivity contribution in [1.82, 2.24) is 15.0 Å². The molecule has 9 rings (SSSR count). The zero-order valence-corrected chi connectivity index (χ0v) is 25.3. The summed E-state index contributed by atoms with van der Waals surface area (Å²) in [4.78, 5) is 15.4. The van der Waals surface area contributed by atoms with Gasteiger partial charge >= 0.3 is 0 Å². The van der Waals surface area contributed by atoms with Crippen LogP contribution in [0.5, 0.6) is 0 Å². The van der Waals surface area contributed by atoms with Gasteiger partial charge in [-0.2, -0.15) is 0 Å². The lowest BCUT2D eigenvalue weighted by molar-refractivity contribution is 0.669. The Kier molecular flexibility index (Phi) is 6.43. The van der Waals surface area contributed by atoms with E-state index >= 15 is 0 Å². The number of benzene rings is 7. The number of hydrogen-bond acceptors (Lipinski definition) is 4. The number of aromatic nitrogens is 3. The Morgan fingerprint density at radius 3 is 1.83 bits per heavy atom. The lowest BCUT2D eigenvalue weighted by Crippen LogP contribution is -2.01. The second-order valence-electron chi connectivity index (χ2n) is 11.6. The van der Waals surface area contributed by atoms with E-state index in [9.17, 15) is 0 Å². The predicted molar refractivity (Wildman–Crippen MR) is 192 cm³/mol. The molecule has 47 heavy (non-hydrogen) atoms. The van der Waals surface area contributed by atoms with Crippen LogP contribution < -0.4 is 0 Å². The van der Waals surface area contributed by atoms with E-state index in [4.69, 9.17) is 19.4 Å². The third-order valence-electron chi connectivity index (χ3n) is 8.74. The van der Waals surface area contributed by atoms with Crippen LogP contribution in [0.25, 0.3) is 89.1 Å². The molecule has 220 valence electrons. The van der Waals surface area contributed by atoms with Crippen LogP contribution in [0.3, 0.4) is 0 Å². The quantitative estimate of drug-likeness (QED) is 0.197. The molecule has 0 unspecified atom stereocenters. The molecule has 2 aromatic heterocycles. The minimum Gasteiger partial charge on any atom is -0.455 e. The molecule has 4 nitrogen and oxygen atoms in total. The fourth-order valence-electron chi connectivity index (χ4n) is 6.42. The van der Waals surface area contributed by atoms with Crippen molar-refractivity contribution in [2.24, 2.45) is 0 Å². The second-order valence-corrected chi connectivity index (χ2v) is 11.6. The maximum atomic E-state index is 6.43.